The van der Waals surface area contributed by atoms with Gasteiger partial charge in [-0.2, -0.15) is 12.6 Å². The molecule has 0 bridgehead atoms. The fraction of sp³-hybridized carbons (Fsp3) is 0.500. The van der Waals surface area contributed by atoms with Gasteiger partial charge in [-0.05, 0) is 49.4 Å². The van der Waals surface area contributed by atoms with Crippen LogP contribution in [0.1, 0.15) is 12.0 Å². The average Bonchev–Trinajstić information content (AvgIpc) is 2.29. The summed E-state index contributed by atoms with van der Waals surface area (Å²) in [6.45, 7) is 1.82. The van der Waals surface area contributed by atoms with Crippen molar-refractivity contribution >= 4 is 12.6 Å². The van der Waals surface area contributed by atoms with E-state index in [2.05, 4.69) is 17.9 Å². The molecule has 0 spiro atoms. The van der Waals surface area contributed by atoms with Crippen molar-refractivity contribution in [1.29, 1.82) is 0 Å². The van der Waals surface area contributed by atoms with Gasteiger partial charge in [-0.15, -0.1) is 0 Å². The fourth-order valence-electron chi connectivity index (χ4n) is 1.43. The largest absolute Gasteiger partial charge is 0.494 e. The van der Waals surface area contributed by atoms with Crippen molar-refractivity contribution in [2.75, 3.05) is 26.0 Å². The summed E-state index contributed by atoms with van der Waals surface area (Å²) in [5.41, 5.74) is 0.983. The Bertz CT molecular complexity index is 320. The van der Waals surface area contributed by atoms with Gasteiger partial charge in [0.1, 0.15) is 0 Å². The van der Waals surface area contributed by atoms with E-state index in [1.54, 1.807) is 6.07 Å². The summed E-state index contributed by atoms with van der Waals surface area (Å²) in [6, 6.07) is 5.08. The number of ether oxygens (including phenoxy) is 1. The molecule has 0 radical (unpaired) electrons. The van der Waals surface area contributed by atoms with Gasteiger partial charge in [0.05, 0.1) is 7.11 Å². The van der Waals surface area contributed by atoms with E-state index in [9.17, 15) is 4.39 Å². The molecular weight excluding hydrogens is 225 g/mol. The lowest BCUT2D eigenvalue weighted by Gasteiger charge is -2.06. The van der Waals surface area contributed by atoms with E-state index in [-0.39, 0.29) is 5.82 Å². The molecule has 0 aliphatic rings. The molecule has 90 valence electrons. The number of nitrogens with one attached hydrogen (secondary N) is 1. The topological polar surface area (TPSA) is 21.3 Å². The number of hydrogen-bond acceptors (Lipinski definition) is 3. The molecule has 1 rings (SSSR count). The molecule has 4 heteroatoms. The summed E-state index contributed by atoms with van der Waals surface area (Å²) >= 11 is 4.12. The van der Waals surface area contributed by atoms with Gasteiger partial charge in [0.2, 0.25) is 0 Å². The predicted molar refractivity (Wildman–Crippen MR) is 68.0 cm³/mol. The quantitative estimate of drug-likeness (QED) is 0.566. The average molecular weight is 243 g/mol. The first-order valence-corrected chi connectivity index (χ1v) is 6.05. The van der Waals surface area contributed by atoms with Gasteiger partial charge >= 0.3 is 0 Å². The first-order chi connectivity index (χ1) is 7.77. The van der Waals surface area contributed by atoms with Crippen molar-refractivity contribution in [1.82, 2.24) is 5.32 Å². The molecule has 1 aromatic rings. The maximum atomic E-state index is 13.3. The Morgan fingerprint density at radius 2 is 2.19 bits per heavy atom. The molecule has 16 heavy (non-hydrogen) atoms. The van der Waals surface area contributed by atoms with Crippen LogP contribution in [0.2, 0.25) is 0 Å². The van der Waals surface area contributed by atoms with Crippen LogP contribution < -0.4 is 10.1 Å². The van der Waals surface area contributed by atoms with Crippen LogP contribution in [0.15, 0.2) is 18.2 Å². The highest BCUT2D eigenvalue weighted by atomic mass is 32.1. The van der Waals surface area contributed by atoms with Crippen LogP contribution in [0, 0.1) is 5.82 Å². The number of thiol groups is 1. The van der Waals surface area contributed by atoms with Crippen LogP contribution in [0.3, 0.4) is 0 Å². The molecule has 0 amide bonds. The van der Waals surface area contributed by atoms with Crippen molar-refractivity contribution in [3.63, 3.8) is 0 Å². The molecule has 0 aromatic heterocycles. The summed E-state index contributed by atoms with van der Waals surface area (Å²) < 4.78 is 18.2. The van der Waals surface area contributed by atoms with Crippen molar-refractivity contribution in [2.24, 2.45) is 0 Å². The van der Waals surface area contributed by atoms with Crippen LogP contribution in [-0.4, -0.2) is 26.0 Å². The first kappa shape index (κ1) is 13.3. The molecule has 1 N–H and O–H groups in total. The van der Waals surface area contributed by atoms with Crippen LogP contribution in [0.4, 0.5) is 4.39 Å². The lowest BCUT2D eigenvalue weighted by Crippen LogP contribution is -2.18. The second-order valence-electron chi connectivity index (χ2n) is 3.55. The van der Waals surface area contributed by atoms with Crippen molar-refractivity contribution in [3.05, 3.63) is 29.6 Å². The van der Waals surface area contributed by atoms with Gasteiger partial charge < -0.3 is 10.1 Å². The number of hydrogen-bond donors (Lipinski definition) is 2. The Kier molecular flexibility index (Phi) is 6.26. The van der Waals surface area contributed by atoms with E-state index in [1.165, 1.54) is 13.2 Å². The molecule has 0 saturated carbocycles. The van der Waals surface area contributed by atoms with Gasteiger partial charge in [-0.1, -0.05) is 6.07 Å². The summed E-state index contributed by atoms with van der Waals surface area (Å²) in [6.07, 6.45) is 1.88. The first-order valence-electron chi connectivity index (χ1n) is 5.42. The third-order valence-electron chi connectivity index (χ3n) is 2.32. The zero-order chi connectivity index (χ0) is 11.8. The number of methoxy groups -OCH3 is 1. The second kappa shape index (κ2) is 7.52. The number of benzene rings is 1. The molecule has 0 aliphatic carbocycles. The monoisotopic (exact) mass is 243 g/mol. The fourth-order valence-corrected chi connectivity index (χ4v) is 1.59. The number of rotatable bonds is 7. The van der Waals surface area contributed by atoms with E-state index < -0.39 is 0 Å². The molecule has 0 heterocycles. The van der Waals surface area contributed by atoms with E-state index >= 15 is 0 Å². The van der Waals surface area contributed by atoms with Gasteiger partial charge in [0.25, 0.3) is 0 Å². The van der Waals surface area contributed by atoms with Gasteiger partial charge in [-0.3, -0.25) is 0 Å². The molecular formula is C12H18FNOS. The van der Waals surface area contributed by atoms with Gasteiger partial charge in [-0.25, -0.2) is 4.39 Å². The molecule has 1 aromatic carbocycles. The van der Waals surface area contributed by atoms with Crippen LogP contribution in [0.25, 0.3) is 0 Å². The normalized spacial score (nSPS) is 10.4. The highest BCUT2D eigenvalue weighted by Crippen LogP contribution is 2.17. The highest BCUT2D eigenvalue weighted by Gasteiger charge is 2.02. The molecule has 0 fully saturated rings. The minimum absolute atomic E-state index is 0.296. The van der Waals surface area contributed by atoms with Crippen molar-refractivity contribution in [2.45, 2.75) is 12.8 Å². The van der Waals surface area contributed by atoms with E-state index in [4.69, 9.17) is 4.74 Å². The molecule has 0 aliphatic heterocycles. The van der Waals surface area contributed by atoms with E-state index in [1.807, 2.05) is 6.07 Å². The molecule has 2 nitrogen and oxygen atoms in total. The SMILES string of the molecule is COc1ccc(CCNCCCS)cc1F. The Morgan fingerprint density at radius 3 is 2.81 bits per heavy atom. The van der Waals surface area contributed by atoms with Crippen LogP contribution in [-0.2, 0) is 6.42 Å². The van der Waals surface area contributed by atoms with Crippen LogP contribution in [0.5, 0.6) is 5.75 Å². The van der Waals surface area contributed by atoms with Crippen molar-refractivity contribution < 1.29 is 9.13 Å². The minimum atomic E-state index is -0.296. The van der Waals surface area contributed by atoms with E-state index in [0.29, 0.717) is 5.75 Å². The van der Waals surface area contributed by atoms with Crippen molar-refractivity contribution in [3.8, 4) is 5.75 Å². The molecule has 0 atom stereocenters. The van der Waals surface area contributed by atoms with E-state index in [0.717, 1.165) is 37.2 Å². The summed E-state index contributed by atoms with van der Waals surface area (Å²) in [4.78, 5) is 0. The van der Waals surface area contributed by atoms with Gasteiger partial charge in [0, 0.05) is 0 Å². The molecule has 0 saturated heterocycles. The summed E-state index contributed by atoms with van der Waals surface area (Å²) in [7, 11) is 1.47. The predicted octanol–water partition coefficient (Wildman–Crippen LogP) is 2.29. The Morgan fingerprint density at radius 1 is 1.38 bits per heavy atom. The second-order valence-corrected chi connectivity index (χ2v) is 3.99. The third-order valence-corrected chi connectivity index (χ3v) is 2.63. The van der Waals surface area contributed by atoms with Crippen LogP contribution >= 0.6 is 12.6 Å². The maximum Gasteiger partial charge on any atom is 0.165 e. The summed E-state index contributed by atoms with van der Waals surface area (Å²) in [5.74, 6) is 0.895. The van der Waals surface area contributed by atoms with Gasteiger partial charge in [0.15, 0.2) is 11.6 Å². The molecule has 0 unspecified atom stereocenters. The summed E-state index contributed by atoms with van der Waals surface area (Å²) in [5, 5.41) is 3.28. The lowest BCUT2D eigenvalue weighted by atomic mass is 10.1. The lowest BCUT2D eigenvalue weighted by molar-refractivity contribution is 0.386. The third kappa shape index (κ3) is 4.41. The Hall–Kier alpha value is -0.740. The smallest absolute Gasteiger partial charge is 0.165 e. The Labute approximate surface area is 102 Å². The standard InChI is InChI=1S/C12H18FNOS/c1-15-12-4-3-10(9-11(12)13)5-7-14-6-2-8-16/h3-4,9,14,16H,2,5-8H2,1H3. The minimum Gasteiger partial charge on any atom is -0.494 e. The zero-order valence-electron chi connectivity index (χ0n) is 9.50. The Balaban J connectivity index is 2.34. The number of halogens is 1. The highest BCUT2D eigenvalue weighted by molar-refractivity contribution is 7.80. The maximum absolute atomic E-state index is 13.3. The zero-order valence-corrected chi connectivity index (χ0v) is 10.4.